The summed E-state index contributed by atoms with van der Waals surface area (Å²) in [5.41, 5.74) is 0.529. The smallest absolute Gasteiger partial charge is 0.255 e. The first-order valence-electron chi connectivity index (χ1n) is 6.99. The van der Waals surface area contributed by atoms with Crippen LogP contribution in [-0.4, -0.2) is 41.6 Å². The standard InChI is InChI=1S/C16H20N2O3S/c1-11-10-17-14(22-11)7-8-18(2)16(20)15(19)12-5-4-6-13(9-12)21-3/h4-6,9-10,15,19H,7-8H2,1-3H3. The van der Waals surface area contributed by atoms with Crippen LogP contribution in [0.5, 0.6) is 5.75 Å². The van der Waals surface area contributed by atoms with E-state index in [4.69, 9.17) is 4.74 Å². The van der Waals surface area contributed by atoms with Gasteiger partial charge in [-0.3, -0.25) is 4.79 Å². The Morgan fingerprint density at radius 2 is 2.27 bits per heavy atom. The van der Waals surface area contributed by atoms with Gasteiger partial charge in [0.1, 0.15) is 5.75 Å². The Morgan fingerprint density at radius 3 is 2.91 bits per heavy atom. The summed E-state index contributed by atoms with van der Waals surface area (Å²) >= 11 is 1.62. The average molecular weight is 320 g/mol. The Morgan fingerprint density at radius 1 is 1.50 bits per heavy atom. The van der Waals surface area contributed by atoms with Crippen LogP contribution in [0.3, 0.4) is 0 Å². The third kappa shape index (κ3) is 4.05. The van der Waals surface area contributed by atoms with Crippen LogP contribution in [0.4, 0.5) is 0 Å². The van der Waals surface area contributed by atoms with Crippen molar-refractivity contribution in [2.75, 3.05) is 20.7 Å². The van der Waals surface area contributed by atoms with Gasteiger partial charge in [0.2, 0.25) is 0 Å². The number of rotatable bonds is 6. The summed E-state index contributed by atoms with van der Waals surface area (Å²) < 4.78 is 5.11. The molecule has 0 aliphatic rings. The number of hydrogen-bond acceptors (Lipinski definition) is 5. The fourth-order valence-corrected chi connectivity index (χ4v) is 2.83. The van der Waals surface area contributed by atoms with Gasteiger partial charge in [0.15, 0.2) is 6.10 Å². The predicted molar refractivity (Wildman–Crippen MR) is 86.1 cm³/mol. The summed E-state index contributed by atoms with van der Waals surface area (Å²) in [5.74, 6) is 0.284. The molecule has 0 saturated heterocycles. The van der Waals surface area contributed by atoms with E-state index in [0.29, 0.717) is 24.3 Å². The first kappa shape index (κ1) is 16.5. The van der Waals surface area contributed by atoms with Crippen LogP contribution < -0.4 is 4.74 Å². The van der Waals surface area contributed by atoms with Crippen molar-refractivity contribution in [2.45, 2.75) is 19.4 Å². The number of aryl methyl sites for hydroxylation is 1. The van der Waals surface area contributed by atoms with Crippen LogP contribution >= 0.6 is 11.3 Å². The Kier molecular flexibility index (Phi) is 5.51. The highest BCUT2D eigenvalue weighted by atomic mass is 32.1. The number of aliphatic hydroxyl groups excluding tert-OH is 1. The van der Waals surface area contributed by atoms with Crippen LogP contribution in [0.15, 0.2) is 30.5 Å². The number of aromatic nitrogens is 1. The monoisotopic (exact) mass is 320 g/mol. The summed E-state index contributed by atoms with van der Waals surface area (Å²) in [7, 11) is 3.24. The highest BCUT2D eigenvalue weighted by molar-refractivity contribution is 7.11. The number of aliphatic hydroxyl groups is 1. The molecule has 1 aromatic heterocycles. The maximum atomic E-state index is 12.3. The van der Waals surface area contributed by atoms with Gasteiger partial charge >= 0.3 is 0 Å². The number of benzene rings is 1. The zero-order chi connectivity index (χ0) is 16.1. The number of carbonyl (C=O) groups is 1. The second-order valence-corrected chi connectivity index (χ2v) is 6.37. The molecule has 1 unspecified atom stereocenters. The molecule has 1 heterocycles. The average Bonchev–Trinajstić information content (AvgIpc) is 2.96. The molecule has 2 rings (SSSR count). The molecule has 22 heavy (non-hydrogen) atoms. The molecule has 1 aromatic carbocycles. The number of thiazole rings is 1. The second-order valence-electron chi connectivity index (χ2n) is 5.05. The molecular weight excluding hydrogens is 300 g/mol. The van der Waals surface area contributed by atoms with E-state index in [1.165, 1.54) is 4.90 Å². The Labute approximate surface area is 134 Å². The predicted octanol–water partition coefficient (Wildman–Crippen LogP) is 2.19. The van der Waals surface area contributed by atoms with Crippen molar-refractivity contribution >= 4 is 17.2 Å². The normalized spacial score (nSPS) is 12.0. The van der Waals surface area contributed by atoms with E-state index in [0.717, 1.165) is 9.88 Å². The first-order chi connectivity index (χ1) is 10.5. The molecular formula is C16H20N2O3S. The second kappa shape index (κ2) is 7.38. The molecule has 0 radical (unpaired) electrons. The third-order valence-electron chi connectivity index (χ3n) is 3.35. The van der Waals surface area contributed by atoms with Gasteiger partial charge in [-0.1, -0.05) is 12.1 Å². The van der Waals surface area contributed by atoms with Crippen LogP contribution in [0.25, 0.3) is 0 Å². The van der Waals surface area contributed by atoms with Gasteiger partial charge in [0.05, 0.1) is 12.1 Å². The number of nitrogens with zero attached hydrogens (tertiary/aromatic N) is 2. The van der Waals surface area contributed by atoms with Crippen molar-refractivity contribution in [1.82, 2.24) is 9.88 Å². The van der Waals surface area contributed by atoms with Crippen molar-refractivity contribution in [3.05, 3.63) is 45.9 Å². The van der Waals surface area contributed by atoms with E-state index in [1.807, 2.05) is 13.1 Å². The lowest BCUT2D eigenvalue weighted by molar-refractivity contribution is -0.139. The molecule has 0 bridgehead atoms. The van der Waals surface area contributed by atoms with E-state index in [2.05, 4.69) is 4.98 Å². The molecule has 1 atom stereocenters. The van der Waals surface area contributed by atoms with Gasteiger partial charge in [0, 0.05) is 31.1 Å². The van der Waals surface area contributed by atoms with E-state index in [1.54, 1.807) is 49.8 Å². The number of amides is 1. The van der Waals surface area contributed by atoms with Crippen molar-refractivity contribution in [1.29, 1.82) is 0 Å². The van der Waals surface area contributed by atoms with E-state index in [-0.39, 0.29) is 5.91 Å². The number of hydrogen-bond donors (Lipinski definition) is 1. The molecule has 0 spiro atoms. The minimum atomic E-state index is -1.18. The van der Waals surface area contributed by atoms with E-state index in [9.17, 15) is 9.90 Å². The Hall–Kier alpha value is -1.92. The van der Waals surface area contributed by atoms with Crippen molar-refractivity contribution < 1.29 is 14.6 Å². The van der Waals surface area contributed by atoms with Crippen LogP contribution in [0, 0.1) is 6.92 Å². The van der Waals surface area contributed by atoms with E-state index < -0.39 is 6.10 Å². The summed E-state index contributed by atoms with van der Waals surface area (Å²) in [6.07, 6.45) is 1.33. The van der Waals surface area contributed by atoms with Gasteiger partial charge in [-0.25, -0.2) is 4.98 Å². The molecule has 0 aliphatic carbocycles. The van der Waals surface area contributed by atoms with Gasteiger partial charge in [0.25, 0.3) is 5.91 Å². The number of ether oxygens (including phenoxy) is 1. The third-order valence-corrected chi connectivity index (χ3v) is 4.32. The largest absolute Gasteiger partial charge is 0.497 e. The zero-order valence-corrected chi connectivity index (χ0v) is 13.8. The molecule has 5 nitrogen and oxygen atoms in total. The molecule has 0 aliphatic heterocycles. The fraction of sp³-hybridized carbons (Fsp3) is 0.375. The van der Waals surface area contributed by atoms with Gasteiger partial charge in [-0.15, -0.1) is 11.3 Å². The SMILES string of the molecule is COc1cccc(C(O)C(=O)N(C)CCc2ncc(C)s2)c1. The quantitative estimate of drug-likeness (QED) is 0.886. The number of likely N-dealkylation sites (N-methyl/N-ethyl adjacent to an activating group) is 1. The van der Waals surface area contributed by atoms with Gasteiger partial charge < -0.3 is 14.7 Å². The topological polar surface area (TPSA) is 62.7 Å². The lowest BCUT2D eigenvalue weighted by Crippen LogP contribution is -2.33. The van der Waals surface area contributed by atoms with Crippen molar-refractivity contribution in [3.8, 4) is 5.75 Å². The number of methoxy groups -OCH3 is 1. The first-order valence-corrected chi connectivity index (χ1v) is 7.81. The lowest BCUT2D eigenvalue weighted by Gasteiger charge is -2.20. The summed E-state index contributed by atoms with van der Waals surface area (Å²) in [6.45, 7) is 2.52. The van der Waals surface area contributed by atoms with Crippen LogP contribution in [0.2, 0.25) is 0 Å². The lowest BCUT2D eigenvalue weighted by atomic mass is 10.1. The van der Waals surface area contributed by atoms with Crippen LogP contribution in [0.1, 0.15) is 21.6 Å². The summed E-state index contributed by atoms with van der Waals surface area (Å²) in [4.78, 5) is 19.2. The Balaban J connectivity index is 1.96. The minimum Gasteiger partial charge on any atom is -0.497 e. The molecule has 1 N–H and O–H groups in total. The van der Waals surface area contributed by atoms with E-state index >= 15 is 0 Å². The van der Waals surface area contributed by atoms with Gasteiger partial charge in [-0.2, -0.15) is 0 Å². The highest BCUT2D eigenvalue weighted by Gasteiger charge is 2.21. The van der Waals surface area contributed by atoms with Gasteiger partial charge in [-0.05, 0) is 24.6 Å². The maximum absolute atomic E-state index is 12.3. The van der Waals surface area contributed by atoms with Crippen LogP contribution in [-0.2, 0) is 11.2 Å². The number of carbonyl (C=O) groups excluding carboxylic acids is 1. The molecule has 6 heteroatoms. The summed E-state index contributed by atoms with van der Waals surface area (Å²) in [5, 5.41) is 11.2. The molecule has 2 aromatic rings. The molecule has 1 amide bonds. The highest BCUT2D eigenvalue weighted by Crippen LogP contribution is 2.21. The molecule has 118 valence electrons. The zero-order valence-electron chi connectivity index (χ0n) is 12.9. The fourth-order valence-electron chi connectivity index (χ4n) is 2.05. The summed E-state index contributed by atoms with van der Waals surface area (Å²) in [6, 6.07) is 6.90. The molecule has 0 fully saturated rings. The Bertz CT molecular complexity index is 642. The maximum Gasteiger partial charge on any atom is 0.255 e. The van der Waals surface area contributed by atoms with Crippen molar-refractivity contribution in [2.24, 2.45) is 0 Å². The van der Waals surface area contributed by atoms with Crippen molar-refractivity contribution in [3.63, 3.8) is 0 Å². The minimum absolute atomic E-state index is 0.332. The molecule has 0 saturated carbocycles.